The molecule has 2 N–H and O–H groups in total. The molecule has 2 atom stereocenters. The monoisotopic (exact) mass is 415 g/mol. The maximum absolute atomic E-state index is 12.6. The molecule has 1 heterocycles. The summed E-state index contributed by atoms with van der Waals surface area (Å²) >= 11 is 0. The van der Waals surface area contributed by atoms with Crippen molar-refractivity contribution in [1.82, 2.24) is 5.32 Å². The van der Waals surface area contributed by atoms with Gasteiger partial charge in [0.1, 0.15) is 0 Å². The first-order valence-corrected chi connectivity index (χ1v) is 11.8. The molecule has 0 spiro atoms. The number of carbonyl (C=O) groups excluding carboxylic acids is 1. The van der Waals surface area contributed by atoms with E-state index < -0.39 is 10.0 Å². The topological polar surface area (TPSA) is 78.5 Å². The van der Waals surface area contributed by atoms with Crippen LogP contribution in [0.3, 0.4) is 0 Å². The summed E-state index contributed by atoms with van der Waals surface area (Å²) in [6, 6.07) is 14.6. The fraction of sp³-hybridized carbons (Fsp3) is 0.409. The summed E-state index contributed by atoms with van der Waals surface area (Å²) in [5.74, 6) is 0.471. The van der Waals surface area contributed by atoms with Gasteiger partial charge in [0.2, 0.25) is 10.0 Å². The molecule has 7 heteroatoms. The number of hydrogen-bond acceptors (Lipinski definition) is 4. The van der Waals surface area contributed by atoms with E-state index in [9.17, 15) is 13.2 Å². The average Bonchev–Trinajstić information content (AvgIpc) is 2.67. The summed E-state index contributed by atoms with van der Waals surface area (Å²) in [5.41, 5.74) is 3.02. The molecule has 0 saturated carbocycles. The van der Waals surface area contributed by atoms with Crippen LogP contribution < -0.4 is 14.9 Å². The largest absolute Gasteiger partial charge is 0.371 e. The number of benzene rings is 2. The van der Waals surface area contributed by atoms with Gasteiger partial charge in [-0.05, 0) is 61.6 Å². The van der Waals surface area contributed by atoms with E-state index >= 15 is 0 Å². The smallest absolute Gasteiger partial charge is 0.251 e. The van der Waals surface area contributed by atoms with E-state index in [-0.39, 0.29) is 11.9 Å². The second kappa shape index (κ2) is 8.86. The van der Waals surface area contributed by atoms with Gasteiger partial charge in [-0.1, -0.05) is 25.1 Å². The zero-order valence-corrected chi connectivity index (χ0v) is 18.0. The number of hydrogen-bond donors (Lipinski definition) is 2. The van der Waals surface area contributed by atoms with Gasteiger partial charge in [0.15, 0.2) is 0 Å². The molecule has 3 rings (SSSR count). The predicted molar refractivity (Wildman–Crippen MR) is 118 cm³/mol. The van der Waals surface area contributed by atoms with Gasteiger partial charge in [0.25, 0.3) is 5.91 Å². The summed E-state index contributed by atoms with van der Waals surface area (Å²) in [7, 11) is -3.39. The molecule has 29 heavy (non-hydrogen) atoms. The van der Waals surface area contributed by atoms with E-state index in [0.717, 1.165) is 30.8 Å². The molecule has 0 radical (unpaired) electrons. The Bertz CT molecular complexity index is 958. The molecule has 1 saturated heterocycles. The number of rotatable bonds is 6. The van der Waals surface area contributed by atoms with Crippen LogP contribution in [0.25, 0.3) is 0 Å². The third-order valence-electron chi connectivity index (χ3n) is 5.19. The summed E-state index contributed by atoms with van der Waals surface area (Å²) in [6.45, 7) is 6.41. The van der Waals surface area contributed by atoms with Crippen molar-refractivity contribution in [3.8, 4) is 0 Å². The molecule has 2 aromatic carbocycles. The van der Waals surface area contributed by atoms with Crippen LogP contribution in [0.15, 0.2) is 48.5 Å². The highest BCUT2D eigenvalue weighted by Gasteiger charge is 2.17. The quantitative estimate of drug-likeness (QED) is 0.752. The fourth-order valence-corrected chi connectivity index (χ4v) is 4.25. The number of amides is 1. The Morgan fingerprint density at radius 2 is 1.90 bits per heavy atom. The highest BCUT2D eigenvalue weighted by molar-refractivity contribution is 7.92. The molecule has 156 valence electrons. The third kappa shape index (κ3) is 5.97. The Balaban J connectivity index is 1.64. The molecular formula is C22H29N3O3S. The molecule has 1 fully saturated rings. The second-order valence-electron chi connectivity index (χ2n) is 7.94. The Kier molecular flexibility index (Phi) is 6.47. The summed E-state index contributed by atoms with van der Waals surface area (Å²) in [6.07, 6.45) is 3.59. The molecule has 6 nitrogen and oxygen atoms in total. The molecule has 1 amide bonds. The van der Waals surface area contributed by atoms with Gasteiger partial charge < -0.3 is 10.2 Å². The van der Waals surface area contributed by atoms with Crippen LogP contribution >= 0.6 is 0 Å². The molecule has 0 unspecified atom stereocenters. The van der Waals surface area contributed by atoms with Crippen LogP contribution in [0.5, 0.6) is 0 Å². The summed E-state index contributed by atoms with van der Waals surface area (Å²) < 4.78 is 25.2. The Hall–Kier alpha value is -2.54. The van der Waals surface area contributed by atoms with Crippen molar-refractivity contribution in [2.75, 3.05) is 29.0 Å². The van der Waals surface area contributed by atoms with Crippen molar-refractivity contribution in [2.24, 2.45) is 5.92 Å². The molecule has 2 aromatic rings. The van der Waals surface area contributed by atoms with E-state index in [0.29, 0.717) is 11.3 Å². The van der Waals surface area contributed by atoms with Crippen molar-refractivity contribution in [3.63, 3.8) is 0 Å². The number of piperidine rings is 1. The zero-order valence-electron chi connectivity index (χ0n) is 17.2. The lowest BCUT2D eigenvalue weighted by Gasteiger charge is -2.33. The SMILES string of the molecule is C[C@H]1CCCN(c2ccc([C@@H](C)NC(=O)c3cccc(NS(C)(=O)=O)c3)cc2)C1. The van der Waals surface area contributed by atoms with Gasteiger partial charge in [0, 0.05) is 30.0 Å². The maximum Gasteiger partial charge on any atom is 0.251 e. The first-order chi connectivity index (χ1) is 13.7. The van der Waals surface area contributed by atoms with Gasteiger partial charge in [-0.3, -0.25) is 9.52 Å². The van der Waals surface area contributed by atoms with E-state index in [2.05, 4.69) is 46.1 Å². The number of anilines is 2. The summed E-state index contributed by atoms with van der Waals surface area (Å²) in [4.78, 5) is 15.0. The van der Waals surface area contributed by atoms with Gasteiger partial charge >= 0.3 is 0 Å². The highest BCUT2D eigenvalue weighted by Crippen LogP contribution is 2.25. The van der Waals surface area contributed by atoms with Crippen molar-refractivity contribution in [3.05, 3.63) is 59.7 Å². The molecule has 0 aliphatic carbocycles. The minimum absolute atomic E-state index is 0.164. The van der Waals surface area contributed by atoms with Crippen molar-refractivity contribution < 1.29 is 13.2 Å². The maximum atomic E-state index is 12.6. The molecule has 0 aromatic heterocycles. The predicted octanol–water partition coefficient (Wildman–Crippen LogP) is 3.79. The third-order valence-corrected chi connectivity index (χ3v) is 5.80. The first kappa shape index (κ1) is 21.2. The lowest BCUT2D eigenvalue weighted by molar-refractivity contribution is 0.0940. The highest BCUT2D eigenvalue weighted by atomic mass is 32.2. The number of nitrogens with zero attached hydrogens (tertiary/aromatic N) is 1. The van der Waals surface area contributed by atoms with Crippen LogP contribution in [-0.4, -0.2) is 33.7 Å². The normalized spacial score (nSPS) is 18.2. The average molecular weight is 416 g/mol. The van der Waals surface area contributed by atoms with E-state index in [4.69, 9.17) is 0 Å². The Morgan fingerprint density at radius 1 is 1.17 bits per heavy atom. The van der Waals surface area contributed by atoms with E-state index in [1.54, 1.807) is 18.2 Å². The number of nitrogens with one attached hydrogen (secondary N) is 2. The van der Waals surface area contributed by atoms with Gasteiger partial charge in [0.05, 0.1) is 12.3 Å². The van der Waals surface area contributed by atoms with Gasteiger partial charge in [-0.15, -0.1) is 0 Å². The van der Waals surface area contributed by atoms with E-state index in [1.165, 1.54) is 24.6 Å². The van der Waals surface area contributed by atoms with Gasteiger partial charge in [-0.2, -0.15) is 0 Å². The lowest BCUT2D eigenvalue weighted by atomic mass is 9.99. The van der Waals surface area contributed by atoms with Crippen LogP contribution in [0.4, 0.5) is 11.4 Å². The Labute approximate surface area is 173 Å². The number of carbonyl (C=O) groups is 1. The molecule has 1 aliphatic rings. The van der Waals surface area contributed by atoms with Crippen molar-refractivity contribution >= 4 is 27.3 Å². The van der Waals surface area contributed by atoms with Crippen molar-refractivity contribution in [2.45, 2.75) is 32.7 Å². The van der Waals surface area contributed by atoms with E-state index in [1.807, 2.05) is 6.92 Å². The van der Waals surface area contributed by atoms with Gasteiger partial charge in [-0.25, -0.2) is 8.42 Å². The van der Waals surface area contributed by atoms with Crippen LogP contribution in [0.2, 0.25) is 0 Å². The summed E-state index contributed by atoms with van der Waals surface area (Å²) in [5, 5.41) is 2.98. The number of sulfonamides is 1. The van der Waals surface area contributed by atoms with Crippen molar-refractivity contribution in [1.29, 1.82) is 0 Å². The van der Waals surface area contributed by atoms with Crippen LogP contribution in [0.1, 0.15) is 48.7 Å². The second-order valence-corrected chi connectivity index (χ2v) is 9.68. The molecular weight excluding hydrogens is 386 g/mol. The van der Waals surface area contributed by atoms with Crippen LogP contribution in [0, 0.1) is 5.92 Å². The minimum atomic E-state index is -3.39. The standard InChI is InChI=1S/C22H29N3O3S/c1-16-6-5-13-25(15-16)21-11-9-18(10-12-21)17(2)23-22(26)19-7-4-8-20(14-19)24-29(3,27)28/h4,7-12,14,16-17,24H,5-6,13,15H2,1-3H3,(H,23,26)/t16-,17+/m0/s1. The lowest BCUT2D eigenvalue weighted by Crippen LogP contribution is -2.34. The zero-order chi connectivity index (χ0) is 21.0. The Morgan fingerprint density at radius 3 is 2.55 bits per heavy atom. The fourth-order valence-electron chi connectivity index (χ4n) is 3.70. The molecule has 0 bridgehead atoms. The minimum Gasteiger partial charge on any atom is -0.371 e. The van der Waals surface area contributed by atoms with Crippen LogP contribution in [-0.2, 0) is 10.0 Å². The molecule has 1 aliphatic heterocycles. The first-order valence-electron chi connectivity index (χ1n) is 9.95.